The Morgan fingerprint density at radius 1 is 1.01 bits per heavy atom. The average Bonchev–Trinajstić information content (AvgIpc) is 4.06. The number of ether oxygens (including phenoxy) is 2. The molecule has 3 N–H and O–H groups in total. The highest BCUT2D eigenvalue weighted by atomic mass is 32.5. The number of ketones is 1. The molecule has 4 aromatic heterocycles. The maximum absolute atomic E-state index is 17.0. The van der Waals surface area contributed by atoms with Gasteiger partial charge in [0.2, 0.25) is 0 Å². The van der Waals surface area contributed by atoms with E-state index in [0.29, 0.717) is 5.56 Å². The first kappa shape index (κ1) is 50.8. The lowest BCUT2D eigenvalue weighted by molar-refractivity contribution is -0.121. The van der Waals surface area contributed by atoms with Crippen LogP contribution >= 0.6 is 14.5 Å². The molecule has 23 nitrogen and oxygen atoms in total. The Bertz CT molecular complexity index is 2930. The number of nitrogens with one attached hydrogen (secondary N) is 2. The third-order valence-corrected chi connectivity index (χ3v) is 20.0. The number of halogens is 1. The lowest BCUT2D eigenvalue weighted by atomic mass is 10.1. The Morgan fingerprint density at radius 3 is 2.39 bits per heavy atom. The second-order valence-electron chi connectivity index (χ2n) is 18.3. The van der Waals surface area contributed by atoms with Gasteiger partial charge in [-0.15, -0.1) is 0 Å². The number of hydrogen-bond acceptors (Lipinski definition) is 19. The number of aromatic nitrogens is 8. The zero-order chi connectivity index (χ0) is 49.6. The molecular weight excluding hydrogens is 982 g/mol. The van der Waals surface area contributed by atoms with Crippen molar-refractivity contribution in [1.29, 1.82) is 5.26 Å². The smallest absolute Gasteiger partial charge is 0.408 e. The van der Waals surface area contributed by atoms with Crippen molar-refractivity contribution in [1.82, 2.24) is 39.0 Å². The first-order valence-electron chi connectivity index (χ1n) is 21.8. The Balaban J connectivity index is 1.17. The number of amides is 1. The molecule has 0 saturated carbocycles. The normalized spacial score (nSPS) is 29.0. The fourth-order valence-corrected chi connectivity index (χ4v) is 11.8. The number of anilines is 1. The van der Waals surface area contributed by atoms with E-state index in [4.69, 9.17) is 48.3 Å². The molecule has 5 aromatic rings. The summed E-state index contributed by atoms with van der Waals surface area (Å²) in [7, 11) is -8.08. The second kappa shape index (κ2) is 19.9. The Hall–Kier alpha value is -4.58. The van der Waals surface area contributed by atoms with E-state index in [0.717, 1.165) is 6.33 Å². The van der Waals surface area contributed by atoms with E-state index in [2.05, 4.69) is 35.2 Å². The van der Waals surface area contributed by atoms with Gasteiger partial charge in [0.05, 0.1) is 51.4 Å². The summed E-state index contributed by atoms with van der Waals surface area (Å²) in [5.74, 6) is -0.951. The molecule has 3 saturated heterocycles. The molecule has 3 aliphatic heterocycles. The fourth-order valence-electron chi connectivity index (χ4n) is 7.49. The standard InChI is InChI=1S/C41H51FN10O13P2SSi/c1-22(2)24(53)16-27-48-36-30(38(55)49-27)47-21-52(36)40-33-32(65-69(6,7)41(3,4)5)26(62-40)17-59-66(56,57)63-31-25(18-60-67(68,64-33)58-15-11-14-43)61-39(28(31)42)51-20-46-29-34(44-19-45-35(29)51)50-37(54)23-12-9-8-10-13-23/h8-10,12-13,19-22,25-26,28,31-33,39-40H,11,15-18H2,1-7H3,(H,56,57)(H,48,49,55)(H,44,45,50,54)/t25-,26-,28-,31-,32-,33-,39-,40-,67?/m1/s1. The zero-order valence-corrected chi connectivity index (χ0v) is 42.1. The minimum Gasteiger partial charge on any atom is -0.408 e. The Labute approximate surface area is 400 Å². The first-order valence-corrected chi connectivity index (χ1v) is 28.8. The summed E-state index contributed by atoms with van der Waals surface area (Å²) in [6.07, 6.45) is -9.05. The van der Waals surface area contributed by atoms with Crippen molar-refractivity contribution in [3.63, 3.8) is 0 Å². The molecule has 370 valence electrons. The number of nitriles is 1. The number of alkyl halides is 1. The molecule has 28 heteroatoms. The second-order valence-corrected chi connectivity index (χ2v) is 27.4. The number of fused-ring (bicyclic) bond motifs is 5. The van der Waals surface area contributed by atoms with Crippen LogP contribution in [0.4, 0.5) is 10.2 Å². The minimum absolute atomic E-state index is 0.00123. The van der Waals surface area contributed by atoms with Gasteiger partial charge in [-0.1, -0.05) is 52.8 Å². The molecule has 0 aliphatic carbocycles. The third-order valence-electron chi connectivity index (χ3n) is 12.2. The van der Waals surface area contributed by atoms with Crippen LogP contribution in [0.3, 0.4) is 0 Å². The van der Waals surface area contributed by atoms with Crippen molar-refractivity contribution in [3.8, 4) is 6.07 Å². The van der Waals surface area contributed by atoms with E-state index < -0.39 is 102 Å². The van der Waals surface area contributed by atoms with E-state index in [-0.39, 0.29) is 65.1 Å². The van der Waals surface area contributed by atoms with Gasteiger partial charge in [-0.25, -0.2) is 33.9 Å². The largest absolute Gasteiger partial charge is 0.472 e. The van der Waals surface area contributed by atoms with Gasteiger partial charge >= 0.3 is 14.5 Å². The van der Waals surface area contributed by atoms with Gasteiger partial charge in [0.15, 0.2) is 55.1 Å². The highest BCUT2D eigenvalue weighted by molar-refractivity contribution is 8.07. The summed E-state index contributed by atoms with van der Waals surface area (Å²) in [5.41, 5.74) is -0.291. The maximum Gasteiger partial charge on any atom is 0.472 e. The number of hydrogen-bond donors (Lipinski definition) is 3. The zero-order valence-electron chi connectivity index (χ0n) is 38.5. The predicted molar refractivity (Wildman–Crippen MR) is 248 cm³/mol. The van der Waals surface area contributed by atoms with Crippen LogP contribution in [0.1, 0.15) is 69.7 Å². The number of carbonyl (C=O) groups is 2. The van der Waals surface area contributed by atoms with Crippen LogP contribution in [0, 0.1) is 17.2 Å². The molecule has 0 radical (unpaired) electrons. The summed E-state index contributed by atoms with van der Waals surface area (Å²) >= 11 is 6.05. The predicted octanol–water partition coefficient (Wildman–Crippen LogP) is 5.58. The van der Waals surface area contributed by atoms with Crippen molar-refractivity contribution in [2.24, 2.45) is 5.92 Å². The van der Waals surface area contributed by atoms with Crippen molar-refractivity contribution in [3.05, 3.63) is 71.1 Å². The number of imidazole rings is 2. The summed E-state index contributed by atoms with van der Waals surface area (Å²) in [6.45, 7) is 7.54. The number of Topliss-reactive ketones (excluding diaryl/α,β-unsaturated/α-hetero) is 1. The topological polar surface area (TPSA) is 288 Å². The Morgan fingerprint density at radius 2 is 1.70 bits per heavy atom. The monoisotopic (exact) mass is 1030 g/mol. The van der Waals surface area contributed by atoms with Crippen LogP contribution in [0.2, 0.25) is 18.1 Å². The van der Waals surface area contributed by atoms with E-state index >= 15 is 4.39 Å². The van der Waals surface area contributed by atoms with E-state index in [1.54, 1.807) is 44.2 Å². The molecule has 1 amide bonds. The number of benzene rings is 1. The maximum atomic E-state index is 17.0. The lowest BCUT2D eigenvalue weighted by Crippen LogP contribution is -2.50. The SMILES string of the molecule is CC(C)C(=O)Cc1nc2c(ncn2[C@@H]2O[C@@H]3COP(=O)(O)O[C@H]4[C@@H](F)[C@H](n5cnc6c(NC(=O)c7ccccc7)ncnc65)O[C@@H]4COP(=S)(OCCC#N)O[C@@H]2[C@@H]3O[Si](C)(C)C(C)(C)C)c(=O)[nH]1. The lowest BCUT2D eigenvalue weighted by Gasteiger charge is -2.41. The highest BCUT2D eigenvalue weighted by Gasteiger charge is 2.56. The molecule has 1 aromatic carbocycles. The number of aromatic amines is 1. The number of carbonyl (C=O) groups excluding carboxylic acids is 2. The third kappa shape index (κ3) is 10.7. The molecular formula is C41H51FN10O13P2SSi. The van der Waals surface area contributed by atoms with Crippen molar-refractivity contribution in [2.75, 3.05) is 25.1 Å². The van der Waals surface area contributed by atoms with Crippen LogP contribution in [-0.2, 0) is 64.1 Å². The molecule has 2 unspecified atom stereocenters. The van der Waals surface area contributed by atoms with Gasteiger partial charge in [-0.3, -0.25) is 37.1 Å². The fraction of sp³-hybridized carbons (Fsp3) is 0.537. The molecule has 7 heterocycles. The van der Waals surface area contributed by atoms with Crippen LogP contribution < -0.4 is 10.9 Å². The molecule has 3 fully saturated rings. The van der Waals surface area contributed by atoms with Gasteiger partial charge in [0, 0.05) is 11.5 Å². The van der Waals surface area contributed by atoms with Crippen LogP contribution in [0.25, 0.3) is 22.3 Å². The summed E-state index contributed by atoms with van der Waals surface area (Å²) in [4.78, 5) is 74.8. The molecule has 10 atom stereocenters. The summed E-state index contributed by atoms with van der Waals surface area (Å²) in [5, 5.41) is 11.8. The average molecular weight is 1030 g/mol. The van der Waals surface area contributed by atoms with Crippen LogP contribution in [-0.4, -0.2) is 120 Å². The quantitative estimate of drug-likeness (QED) is 0.0781. The first-order chi connectivity index (χ1) is 32.6. The van der Waals surface area contributed by atoms with Gasteiger partial charge in [-0.05, 0) is 42.1 Å². The molecule has 2 bridgehead atoms. The number of H-pyrrole nitrogens is 1. The van der Waals surface area contributed by atoms with E-state index in [1.807, 2.05) is 39.9 Å². The number of phosphoric ester groups is 1. The Kier molecular flexibility index (Phi) is 14.7. The number of nitrogens with zero attached hydrogens (tertiary/aromatic N) is 8. The van der Waals surface area contributed by atoms with Gasteiger partial charge in [-0.2, -0.15) is 5.26 Å². The van der Waals surface area contributed by atoms with E-state index in [9.17, 15) is 29.1 Å². The van der Waals surface area contributed by atoms with Crippen LogP contribution in [0.5, 0.6) is 0 Å². The molecule has 0 spiro atoms. The van der Waals surface area contributed by atoms with Crippen molar-refractivity contribution >= 4 is 74.5 Å². The van der Waals surface area contributed by atoms with Gasteiger partial charge < -0.3 is 38.1 Å². The van der Waals surface area contributed by atoms with Gasteiger partial charge in [0.1, 0.15) is 48.5 Å². The number of rotatable bonds is 12. The van der Waals surface area contributed by atoms with Crippen molar-refractivity contribution in [2.45, 2.75) is 115 Å². The summed E-state index contributed by atoms with van der Waals surface area (Å²) < 4.78 is 83.7. The number of phosphoric acid groups is 1. The molecule has 3 aliphatic rings. The minimum atomic E-state index is -5.25. The van der Waals surface area contributed by atoms with Crippen molar-refractivity contribution < 1.29 is 60.0 Å². The molecule has 69 heavy (non-hydrogen) atoms. The van der Waals surface area contributed by atoms with Crippen LogP contribution in [0.15, 0.2) is 54.1 Å². The highest BCUT2D eigenvalue weighted by Crippen LogP contribution is 2.58. The summed E-state index contributed by atoms with van der Waals surface area (Å²) in [6, 6.07) is 10.3. The molecule has 8 rings (SSSR count). The van der Waals surface area contributed by atoms with E-state index in [1.165, 1.54) is 21.8 Å². The van der Waals surface area contributed by atoms with Gasteiger partial charge in [0.25, 0.3) is 11.5 Å².